The number of methoxy groups -OCH3 is 1. The highest BCUT2D eigenvalue weighted by molar-refractivity contribution is 7.92. The second-order valence-electron chi connectivity index (χ2n) is 8.23. The van der Waals surface area contributed by atoms with Crippen molar-refractivity contribution in [3.63, 3.8) is 0 Å². The van der Waals surface area contributed by atoms with Gasteiger partial charge in [0.15, 0.2) is 6.54 Å². The van der Waals surface area contributed by atoms with Crippen LogP contribution in [0.4, 0.5) is 26.3 Å². The van der Waals surface area contributed by atoms with Crippen LogP contribution in [0.1, 0.15) is 34.3 Å². The van der Waals surface area contributed by atoms with Crippen LogP contribution in [0, 0.1) is 6.92 Å². The lowest BCUT2D eigenvalue weighted by atomic mass is 10.1. The van der Waals surface area contributed by atoms with Gasteiger partial charge in [0.05, 0.1) is 23.1 Å². The van der Waals surface area contributed by atoms with E-state index in [9.17, 15) is 49.6 Å². The third-order valence-corrected chi connectivity index (χ3v) is 7.20. The van der Waals surface area contributed by atoms with Crippen molar-refractivity contribution >= 4 is 21.8 Å². The largest absolute Gasteiger partial charge is 0.501 e. The Morgan fingerprint density at radius 2 is 1.71 bits per heavy atom. The molecule has 38 heavy (non-hydrogen) atoms. The summed E-state index contributed by atoms with van der Waals surface area (Å²) in [5.41, 5.74) is -8.07. The highest BCUT2D eigenvalue weighted by atomic mass is 32.2. The number of hydrogen-bond donors (Lipinski definition) is 1. The smallest absolute Gasteiger partial charge is 0.464 e. The fourth-order valence-electron chi connectivity index (χ4n) is 3.75. The maximum Gasteiger partial charge on any atom is 0.501 e. The van der Waals surface area contributed by atoms with Crippen LogP contribution in [0.15, 0.2) is 41.3 Å². The van der Waals surface area contributed by atoms with Gasteiger partial charge >= 0.3 is 23.6 Å². The quantitative estimate of drug-likeness (QED) is 0.301. The minimum Gasteiger partial charge on any atom is -0.464 e. The summed E-state index contributed by atoms with van der Waals surface area (Å²) in [5.74, 6) is -3.35. The van der Waals surface area contributed by atoms with E-state index in [4.69, 9.17) is 9.57 Å². The zero-order chi connectivity index (χ0) is 28.7. The van der Waals surface area contributed by atoms with Gasteiger partial charge in [-0.15, -0.1) is 0 Å². The number of rotatable bonds is 6. The summed E-state index contributed by atoms with van der Waals surface area (Å²) >= 11 is 0. The van der Waals surface area contributed by atoms with Crippen molar-refractivity contribution in [3.05, 3.63) is 53.1 Å². The molecule has 0 saturated carbocycles. The number of quaternary nitrogens is 1. The molecule has 0 spiro atoms. The molecule has 2 aromatic carbocycles. The number of benzene rings is 2. The van der Waals surface area contributed by atoms with Crippen molar-refractivity contribution in [3.8, 4) is 11.5 Å². The Hall–Kier alpha value is -3.37. The number of aryl methyl sites for hydroxylation is 1. The fourth-order valence-corrected chi connectivity index (χ4v) is 4.68. The van der Waals surface area contributed by atoms with Gasteiger partial charge in [-0.1, -0.05) is 0 Å². The highest BCUT2D eigenvalue weighted by Crippen LogP contribution is 2.38. The number of nitrogens with zero attached hydrogens (tertiary/aromatic N) is 1. The first kappa shape index (κ1) is 29.2. The zero-order valence-corrected chi connectivity index (χ0v) is 20.4. The standard InChI is InChI=1S/C22H20F6NO8S/c1-12-10-13(21(23,24)25)5-7-17(12)36-14-6-8-18(38(33,34)22(26,27)28)15(11-14)19(30)37-29(32)9-3-4-16(29)20(31)35-2/h5-8,10-11,16,32H,3-4,9H2,1-2H3/q+1. The van der Waals surface area contributed by atoms with Gasteiger partial charge in [0, 0.05) is 17.7 Å². The van der Waals surface area contributed by atoms with Crippen LogP contribution in [0.25, 0.3) is 0 Å². The van der Waals surface area contributed by atoms with Crippen LogP contribution >= 0.6 is 0 Å². The summed E-state index contributed by atoms with van der Waals surface area (Å²) in [6.45, 7) is 0.899. The average Bonchev–Trinajstić information content (AvgIpc) is 3.19. The molecule has 1 aliphatic rings. The summed E-state index contributed by atoms with van der Waals surface area (Å²) < 4.78 is 113. The number of hydroxylamine groups is 4. The minimum atomic E-state index is -6.12. The van der Waals surface area contributed by atoms with Gasteiger partial charge < -0.3 is 9.47 Å². The monoisotopic (exact) mass is 572 g/mol. The van der Waals surface area contributed by atoms with E-state index in [0.29, 0.717) is 18.2 Å². The molecule has 1 aliphatic heterocycles. The number of esters is 1. The maximum absolute atomic E-state index is 13.3. The van der Waals surface area contributed by atoms with E-state index in [0.717, 1.165) is 25.3 Å². The molecular formula is C22H20F6NO8S+. The Balaban J connectivity index is 2.05. The Morgan fingerprint density at radius 1 is 1.05 bits per heavy atom. The Bertz CT molecular complexity index is 1360. The molecule has 1 saturated heterocycles. The summed E-state index contributed by atoms with van der Waals surface area (Å²) in [7, 11) is -5.13. The third-order valence-electron chi connectivity index (χ3n) is 5.65. The summed E-state index contributed by atoms with van der Waals surface area (Å²) in [6, 6.07) is 2.62. The molecule has 9 nitrogen and oxygen atoms in total. The van der Waals surface area contributed by atoms with Gasteiger partial charge in [-0.2, -0.15) is 31.5 Å². The van der Waals surface area contributed by atoms with Gasteiger partial charge in [0.1, 0.15) is 11.5 Å². The molecule has 0 bridgehead atoms. The van der Waals surface area contributed by atoms with Crippen molar-refractivity contribution < 1.29 is 68.7 Å². The molecule has 0 amide bonds. The molecule has 1 fully saturated rings. The number of carbonyl (C=O) groups excluding carboxylic acids is 2. The van der Waals surface area contributed by atoms with Crippen LogP contribution in [0.5, 0.6) is 11.5 Å². The summed E-state index contributed by atoms with van der Waals surface area (Å²) in [5, 5.41) is 10.7. The predicted molar refractivity (Wildman–Crippen MR) is 113 cm³/mol. The van der Waals surface area contributed by atoms with Crippen molar-refractivity contribution in [1.82, 2.24) is 0 Å². The number of alkyl halides is 6. The number of carbonyl (C=O) groups is 2. The summed E-state index contributed by atoms with van der Waals surface area (Å²) in [6.07, 6.45) is -4.53. The normalized spacial score (nSPS) is 20.2. The van der Waals surface area contributed by atoms with Gasteiger partial charge in [-0.25, -0.2) is 22.8 Å². The first-order valence-electron chi connectivity index (χ1n) is 10.6. The van der Waals surface area contributed by atoms with E-state index in [1.807, 2.05) is 0 Å². The van der Waals surface area contributed by atoms with E-state index in [1.54, 1.807) is 0 Å². The Morgan fingerprint density at radius 3 is 2.26 bits per heavy atom. The Kier molecular flexibility index (Phi) is 7.74. The number of halogens is 6. The van der Waals surface area contributed by atoms with Gasteiger partial charge in [0.25, 0.3) is 15.9 Å². The minimum absolute atomic E-state index is 0.0134. The first-order chi connectivity index (χ1) is 17.4. The summed E-state index contributed by atoms with van der Waals surface area (Å²) in [4.78, 5) is 26.5. The van der Waals surface area contributed by atoms with E-state index >= 15 is 0 Å². The molecule has 16 heteroatoms. The van der Waals surface area contributed by atoms with E-state index in [1.165, 1.54) is 6.92 Å². The van der Waals surface area contributed by atoms with E-state index in [-0.39, 0.29) is 30.7 Å². The predicted octanol–water partition coefficient (Wildman–Crippen LogP) is 4.71. The number of hydrogen-bond acceptors (Lipinski definition) is 8. The third kappa shape index (κ3) is 5.71. The Labute approximate surface area is 211 Å². The lowest BCUT2D eigenvalue weighted by Gasteiger charge is -2.26. The molecule has 0 radical (unpaired) electrons. The molecule has 1 N–H and O–H groups in total. The van der Waals surface area contributed by atoms with Gasteiger partial charge in [-0.05, 0) is 48.9 Å². The molecule has 2 atom stereocenters. The highest BCUT2D eigenvalue weighted by Gasteiger charge is 2.53. The molecule has 2 aromatic rings. The second kappa shape index (κ2) is 10.1. The average molecular weight is 572 g/mol. The molecule has 0 aliphatic carbocycles. The molecule has 0 aromatic heterocycles. The lowest BCUT2D eigenvalue weighted by molar-refractivity contribution is -1.24. The topological polar surface area (TPSA) is 116 Å². The van der Waals surface area contributed by atoms with Crippen molar-refractivity contribution in [2.75, 3.05) is 13.7 Å². The van der Waals surface area contributed by atoms with Crippen molar-refractivity contribution in [1.29, 1.82) is 0 Å². The SMILES string of the molecule is COC(=O)C1CCC[N+]1(O)OC(=O)c1cc(Oc2ccc(C(F)(F)F)cc2C)ccc1S(=O)(=O)C(F)(F)F. The number of ether oxygens (including phenoxy) is 2. The molecule has 1 heterocycles. The van der Waals surface area contributed by atoms with Crippen LogP contribution in [-0.2, 0) is 30.4 Å². The van der Waals surface area contributed by atoms with Gasteiger partial charge in [-0.3, -0.25) is 0 Å². The second-order valence-corrected chi connectivity index (χ2v) is 10.1. The molecule has 3 rings (SSSR count). The zero-order valence-electron chi connectivity index (χ0n) is 19.6. The fraction of sp³-hybridized carbons (Fsp3) is 0.364. The van der Waals surface area contributed by atoms with Crippen molar-refractivity contribution in [2.24, 2.45) is 0 Å². The van der Waals surface area contributed by atoms with Crippen LogP contribution in [0.3, 0.4) is 0 Å². The van der Waals surface area contributed by atoms with E-state index in [2.05, 4.69) is 4.74 Å². The van der Waals surface area contributed by atoms with Gasteiger partial charge in [0.2, 0.25) is 0 Å². The van der Waals surface area contributed by atoms with Crippen LogP contribution in [0.2, 0.25) is 0 Å². The molecular weight excluding hydrogens is 552 g/mol. The molecule has 2 unspecified atom stereocenters. The first-order valence-corrected chi connectivity index (χ1v) is 12.1. The number of sulfone groups is 1. The maximum atomic E-state index is 13.3. The van der Waals surface area contributed by atoms with Crippen LogP contribution < -0.4 is 4.74 Å². The van der Waals surface area contributed by atoms with Crippen LogP contribution in [-0.4, -0.2) is 55.6 Å². The van der Waals surface area contributed by atoms with E-state index < -0.39 is 66.1 Å². The van der Waals surface area contributed by atoms with Crippen molar-refractivity contribution in [2.45, 2.75) is 42.4 Å². The molecule has 208 valence electrons. The lowest BCUT2D eigenvalue weighted by Crippen LogP contribution is -2.53.